The van der Waals surface area contributed by atoms with Crippen molar-refractivity contribution in [2.45, 2.75) is 19.9 Å². The lowest BCUT2D eigenvalue weighted by atomic mass is 10.1. The van der Waals surface area contributed by atoms with Gasteiger partial charge in [-0.15, -0.1) is 0 Å². The van der Waals surface area contributed by atoms with E-state index in [4.69, 9.17) is 0 Å². The molecular formula is C19H18FN3O. The first kappa shape index (κ1) is 15.9. The number of aromatic nitrogens is 2. The Balaban J connectivity index is 1.68. The second kappa shape index (κ2) is 7.08. The first-order valence-corrected chi connectivity index (χ1v) is 7.72. The summed E-state index contributed by atoms with van der Waals surface area (Å²) >= 11 is 0. The van der Waals surface area contributed by atoms with Crippen LogP contribution >= 0.6 is 0 Å². The Hall–Kier alpha value is -2.95. The van der Waals surface area contributed by atoms with E-state index in [1.165, 1.54) is 17.7 Å². The second-order valence-electron chi connectivity index (χ2n) is 5.72. The summed E-state index contributed by atoms with van der Waals surface area (Å²) in [6.07, 6.45) is 1.76. The van der Waals surface area contributed by atoms with Gasteiger partial charge in [0.1, 0.15) is 11.6 Å². The third-order valence-electron chi connectivity index (χ3n) is 3.65. The highest BCUT2D eigenvalue weighted by molar-refractivity contribution is 5.91. The molecule has 0 aliphatic rings. The van der Waals surface area contributed by atoms with Crippen molar-refractivity contribution >= 4 is 11.7 Å². The number of rotatable bonds is 5. The molecule has 0 aliphatic carbocycles. The molecule has 0 saturated heterocycles. The van der Waals surface area contributed by atoms with Crippen molar-refractivity contribution in [3.63, 3.8) is 0 Å². The Bertz CT molecular complexity index is 857. The van der Waals surface area contributed by atoms with Crippen LogP contribution in [0, 0.1) is 12.7 Å². The van der Waals surface area contributed by atoms with Gasteiger partial charge in [-0.1, -0.05) is 42.0 Å². The van der Waals surface area contributed by atoms with Gasteiger partial charge in [0.25, 0.3) is 0 Å². The Morgan fingerprint density at radius 3 is 2.71 bits per heavy atom. The fourth-order valence-corrected chi connectivity index (χ4v) is 2.57. The molecule has 5 heteroatoms. The van der Waals surface area contributed by atoms with Crippen molar-refractivity contribution in [3.8, 4) is 0 Å². The molecule has 2 aromatic carbocycles. The third kappa shape index (κ3) is 4.07. The zero-order chi connectivity index (χ0) is 16.9. The highest BCUT2D eigenvalue weighted by Crippen LogP contribution is 2.12. The van der Waals surface area contributed by atoms with Gasteiger partial charge in [0.05, 0.1) is 19.2 Å². The number of halogens is 1. The van der Waals surface area contributed by atoms with E-state index in [1.54, 1.807) is 29.1 Å². The van der Waals surface area contributed by atoms with E-state index in [2.05, 4.69) is 16.5 Å². The average Bonchev–Trinajstić information content (AvgIpc) is 2.94. The molecule has 0 aliphatic heterocycles. The van der Waals surface area contributed by atoms with Crippen LogP contribution in [0.3, 0.4) is 0 Å². The number of carbonyl (C=O) groups excluding carboxylic acids is 1. The molecular weight excluding hydrogens is 305 g/mol. The highest BCUT2D eigenvalue weighted by Gasteiger charge is 2.09. The van der Waals surface area contributed by atoms with Crippen LogP contribution in [0.25, 0.3) is 0 Å². The van der Waals surface area contributed by atoms with Gasteiger partial charge in [-0.3, -0.25) is 4.79 Å². The van der Waals surface area contributed by atoms with Gasteiger partial charge >= 0.3 is 0 Å². The van der Waals surface area contributed by atoms with Crippen LogP contribution < -0.4 is 5.32 Å². The van der Waals surface area contributed by atoms with E-state index < -0.39 is 0 Å². The average molecular weight is 323 g/mol. The van der Waals surface area contributed by atoms with E-state index in [1.807, 2.05) is 25.1 Å². The van der Waals surface area contributed by atoms with E-state index in [0.29, 0.717) is 17.9 Å². The number of benzene rings is 2. The molecule has 0 unspecified atom stereocenters. The largest absolute Gasteiger partial charge is 0.311 e. The van der Waals surface area contributed by atoms with Crippen LogP contribution in [0.15, 0.2) is 60.8 Å². The number of nitrogens with zero attached hydrogens (tertiary/aromatic N) is 2. The number of amides is 1. The molecule has 24 heavy (non-hydrogen) atoms. The first-order valence-electron chi connectivity index (χ1n) is 7.72. The summed E-state index contributed by atoms with van der Waals surface area (Å²) in [7, 11) is 0. The number of hydrogen-bond acceptors (Lipinski definition) is 2. The minimum Gasteiger partial charge on any atom is -0.311 e. The molecule has 3 rings (SSSR count). The molecule has 0 spiro atoms. The molecule has 4 nitrogen and oxygen atoms in total. The monoisotopic (exact) mass is 323 g/mol. The van der Waals surface area contributed by atoms with Gasteiger partial charge < -0.3 is 5.32 Å². The number of nitrogens with one attached hydrogen (secondary N) is 1. The standard InChI is InChI=1S/C19H18FN3O/c1-14-4-2-6-16(10-14)13-23-18(8-9-21-23)22-19(24)12-15-5-3-7-17(20)11-15/h2-11H,12-13H2,1H3,(H,22,24). The molecule has 3 aromatic rings. The number of carbonyl (C=O) groups is 1. The Morgan fingerprint density at radius 1 is 1.12 bits per heavy atom. The molecule has 0 bridgehead atoms. The quantitative estimate of drug-likeness (QED) is 0.780. The molecule has 122 valence electrons. The number of hydrogen-bond donors (Lipinski definition) is 1. The van der Waals surface area contributed by atoms with E-state index in [-0.39, 0.29) is 18.1 Å². The lowest BCUT2D eigenvalue weighted by Gasteiger charge is -2.10. The lowest BCUT2D eigenvalue weighted by Crippen LogP contribution is -2.18. The summed E-state index contributed by atoms with van der Waals surface area (Å²) < 4.78 is 14.9. The Labute approximate surface area is 139 Å². The molecule has 1 amide bonds. The van der Waals surface area contributed by atoms with Crippen molar-refractivity contribution in [1.82, 2.24) is 9.78 Å². The van der Waals surface area contributed by atoms with Gasteiger partial charge in [-0.05, 0) is 30.2 Å². The smallest absolute Gasteiger partial charge is 0.229 e. The third-order valence-corrected chi connectivity index (χ3v) is 3.65. The second-order valence-corrected chi connectivity index (χ2v) is 5.72. The summed E-state index contributed by atoms with van der Waals surface area (Å²) in [4.78, 5) is 12.2. The zero-order valence-corrected chi connectivity index (χ0v) is 13.4. The molecule has 1 N–H and O–H groups in total. The summed E-state index contributed by atoms with van der Waals surface area (Å²) in [5.41, 5.74) is 2.92. The van der Waals surface area contributed by atoms with Crippen LogP contribution in [0.4, 0.5) is 10.2 Å². The molecule has 0 atom stereocenters. The van der Waals surface area contributed by atoms with E-state index >= 15 is 0 Å². The van der Waals surface area contributed by atoms with Crippen molar-refractivity contribution in [2.75, 3.05) is 5.32 Å². The van der Waals surface area contributed by atoms with Crippen molar-refractivity contribution in [3.05, 3.63) is 83.3 Å². The van der Waals surface area contributed by atoms with Gasteiger partial charge in [-0.2, -0.15) is 5.10 Å². The van der Waals surface area contributed by atoms with Crippen LogP contribution in [-0.2, 0) is 17.8 Å². The molecule has 1 aromatic heterocycles. The summed E-state index contributed by atoms with van der Waals surface area (Å²) in [5, 5.41) is 7.09. The number of aryl methyl sites for hydroxylation is 1. The van der Waals surface area contributed by atoms with Gasteiger partial charge in [0, 0.05) is 6.07 Å². The minimum atomic E-state index is -0.343. The maximum absolute atomic E-state index is 13.2. The Morgan fingerprint density at radius 2 is 1.92 bits per heavy atom. The normalized spacial score (nSPS) is 10.6. The van der Waals surface area contributed by atoms with Gasteiger partial charge in [0.15, 0.2) is 0 Å². The van der Waals surface area contributed by atoms with Gasteiger partial charge in [-0.25, -0.2) is 9.07 Å². The van der Waals surface area contributed by atoms with Crippen LogP contribution in [0.5, 0.6) is 0 Å². The van der Waals surface area contributed by atoms with Crippen molar-refractivity contribution in [1.29, 1.82) is 0 Å². The SMILES string of the molecule is Cc1cccc(Cn2nccc2NC(=O)Cc2cccc(F)c2)c1. The maximum Gasteiger partial charge on any atom is 0.229 e. The van der Waals surface area contributed by atoms with Crippen LogP contribution in [0.1, 0.15) is 16.7 Å². The number of anilines is 1. The zero-order valence-electron chi connectivity index (χ0n) is 13.4. The fourth-order valence-electron chi connectivity index (χ4n) is 2.57. The fraction of sp³-hybridized carbons (Fsp3) is 0.158. The van der Waals surface area contributed by atoms with Crippen molar-refractivity contribution in [2.24, 2.45) is 0 Å². The summed E-state index contributed by atoms with van der Waals surface area (Å²) in [5.74, 6) is 0.0780. The van der Waals surface area contributed by atoms with E-state index in [0.717, 1.165) is 5.56 Å². The predicted octanol–water partition coefficient (Wildman–Crippen LogP) is 3.56. The maximum atomic E-state index is 13.2. The predicted molar refractivity (Wildman–Crippen MR) is 91.2 cm³/mol. The molecule has 1 heterocycles. The Kier molecular flexibility index (Phi) is 4.70. The van der Waals surface area contributed by atoms with Crippen LogP contribution in [0.2, 0.25) is 0 Å². The van der Waals surface area contributed by atoms with Crippen LogP contribution in [-0.4, -0.2) is 15.7 Å². The molecule has 0 fully saturated rings. The van der Waals surface area contributed by atoms with Gasteiger partial charge in [0.2, 0.25) is 5.91 Å². The summed E-state index contributed by atoms with van der Waals surface area (Å²) in [6.45, 7) is 2.61. The topological polar surface area (TPSA) is 46.9 Å². The highest BCUT2D eigenvalue weighted by atomic mass is 19.1. The summed E-state index contributed by atoms with van der Waals surface area (Å²) in [6, 6.07) is 15.9. The van der Waals surface area contributed by atoms with Crippen molar-refractivity contribution < 1.29 is 9.18 Å². The molecule has 0 saturated carbocycles. The minimum absolute atomic E-state index is 0.118. The van der Waals surface area contributed by atoms with E-state index in [9.17, 15) is 9.18 Å². The lowest BCUT2D eigenvalue weighted by molar-refractivity contribution is -0.115. The first-order chi connectivity index (χ1) is 11.6. The molecule has 0 radical (unpaired) electrons.